The molecule has 23 heavy (non-hydrogen) atoms. The van der Waals surface area contributed by atoms with E-state index < -0.39 is 35.7 Å². The molecule has 0 saturated heterocycles. The van der Waals surface area contributed by atoms with E-state index in [1.165, 1.54) is 0 Å². The Bertz CT molecular complexity index is 535. The lowest BCUT2D eigenvalue weighted by atomic mass is 9.82. The first kappa shape index (κ1) is 17.7. The molecule has 8 heteroatoms. The number of benzene rings is 1. The van der Waals surface area contributed by atoms with Crippen molar-refractivity contribution in [1.29, 1.82) is 0 Å². The summed E-state index contributed by atoms with van der Waals surface area (Å²) in [6.45, 7) is 1.98. The molecule has 0 heterocycles. The number of alkyl halides is 5. The molecule has 0 amide bonds. The van der Waals surface area contributed by atoms with E-state index in [0.717, 1.165) is 6.07 Å². The van der Waals surface area contributed by atoms with Gasteiger partial charge in [0.05, 0.1) is 5.92 Å². The quantitative estimate of drug-likeness (QED) is 0.671. The molecule has 0 N–H and O–H groups in total. The van der Waals surface area contributed by atoms with Gasteiger partial charge in [0.25, 0.3) is 0 Å². The lowest BCUT2D eigenvalue weighted by Gasteiger charge is -2.32. The van der Waals surface area contributed by atoms with Crippen molar-refractivity contribution in [3.05, 3.63) is 24.0 Å². The molecular formula is C15H16F6O2. The minimum absolute atomic E-state index is 0.284. The lowest BCUT2D eigenvalue weighted by molar-refractivity contribution is -0.275. The van der Waals surface area contributed by atoms with Gasteiger partial charge in [0.15, 0.2) is 11.6 Å². The summed E-state index contributed by atoms with van der Waals surface area (Å²) in [6, 6.07) is 1.89. The van der Waals surface area contributed by atoms with Gasteiger partial charge in [-0.05, 0) is 30.9 Å². The van der Waals surface area contributed by atoms with E-state index in [-0.39, 0.29) is 12.8 Å². The summed E-state index contributed by atoms with van der Waals surface area (Å²) >= 11 is 0. The molecule has 130 valence electrons. The third-order valence-electron chi connectivity index (χ3n) is 3.87. The van der Waals surface area contributed by atoms with E-state index in [4.69, 9.17) is 0 Å². The monoisotopic (exact) mass is 342 g/mol. The normalized spacial score (nSPS) is 22.7. The van der Waals surface area contributed by atoms with Crippen LogP contribution in [0.2, 0.25) is 0 Å². The second-order valence-electron chi connectivity index (χ2n) is 5.76. The summed E-state index contributed by atoms with van der Waals surface area (Å²) in [5.41, 5.74) is 0. The molecule has 1 fully saturated rings. The molecule has 0 bridgehead atoms. The Kier molecular flexibility index (Phi) is 5.01. The smallest absolute Gasteiger partial charge is 0.432 e. The zero-order valence-corrected chi connectivity index (χ0v) is 12.3. The molecule has 1 aromatic carbocycles. The first-order valence-corrected chi connectivity index (χ1v) is 7.19. The zero-order valence-electron chi connectivity index (χ0n) is 12.3. The van der Waals surface area contributed by atoms with Crippen molar-refractivity contribution in [1.82, 2.24) is 0 Å². The molecule has 1 saturated carbocycles. The van der Waals surface area contributed by atoms with Crippen LogP contribution in [-0.2, 0) is 0 Å². The van der Waals surface area contributed by atoms with E-state index >= 15 is 0 Å². The Morgan fingerprint density at radius 1 is 0.957 bits per heavy atom. The van der Waals surface area contributed by atoms with Crippen molar-refractivity contribution in [2.75, 3.05) is 0 Å². The second-order valence-corrected chi connectivity index (χ2v) is 5.76. The van der Waals surface area contributed by atoms with Gasteiger partial charge in [-0.25, -0.2) is 4.39 Å². The van der Waals surface area contributed by atoms with Crippen molar-refractivity contribution in [3.63, 3.8) is 0 Å². The number of halogens is 6. The molecule has 2 rings (SSSR count). The highest BCUT2D eigenvalue weighted by molar-refractivity contribution is 5.33. The fourth-order valence-electron chi connectivity index (χ4n) is 2.59. The Hall–Kier alpha value is -1.60. The van der Waals surface area contributed by atoms with E-state index in [0.29, 0.717) is 30.9 Å². The maximum atomic E-state index is 14.1. The molecule has 0 spiro atoms. The Morgan fingerprint density at radius 3 is 2.09 bits per heavy atom. The largest absolute Gasteiger partial charge is 0.573 e. The third kappa shape index (κ3) is 4.94. The predicted molar refractivity (Wildman–Crippen MR) is 69.8 cm³/mol. The third-order valence-corrected chi connectivity index (χ3v) is 3.87. The van der Waals surface area contributed by atoms with Gasteiger partial charge in [0.2, 0.25) is 0 Å². The molecule has 1 aliphatic rings. The number of rotatable bonds is 4. The van der Waals surface area contributed by atoms with Crippen LogP contribution in [0.1, 0.15) is 32.6 Å². The van der Waals surface area contributed by atoms with Gasteiger partial charge in [-0.3, -0.25) is 0 Å². The summed E-state index contributed by atoms with van der Waals surface area (Å²) < 4.78 is 85.7. The summed E-state index contributed by atoms with van der Waals surface area (Å²) in [4.78, 5) is 0. The van der Waals surface area contributed by atoms with Crippen molar-refractivity contribution < 1.29 is 35.8 Å². The highest BCUT2D eigenvalue weighted by Crippen LogP contribution is 2.40. The van der Waals surface area contributed by atoms with Gasteiger partial charge in [0.1, 0.15) is 5.75 Å². The van der Waals surface area contributed by atoms with Crippen molar-refractivity contribution >= 4 is 0 Å². The number of ether oxygens (including phenoxy) is 2. The Balaban J connectivity index is 2.06. The van der Waals surface area contributed by atoms with Gasteiger partial charge in [-0.1, -0.05) is 19.8 Å². The van der Waals surface area contributed by atoms with Crippen LogP contribution in [0, 0.1) is 17.7 Å². The molecule has 1 aromatic rings. The second kappa shape index (κ2) is 6.49. The average molecular weight is 342 g/mol. The van der Waals surface area contributed by atoms with Crippen LogP contribution in [0.4, 0.5) is 26.3 Å². The van der Waals surface area contributed by atoms with Crippen LogP contribution >= 0.6 is 0 Å². The number of hydrogen-bond donors (Lipinski definition) is 0. The highest BCUT2D eigenvalue weighted by Gasteiger charge is 2.43. The summed E-state index contributed by atoms with van der Waals surface area (Å²) in [5, 5.41) is 0. The molecule has 0 atom stereocenters. The number of hydrogen-bond acceptors (Lipinski definition) is 2. The maximum absolute atomic E-state index is 14.1. The first-order chi connectivity index (χ1) is 10.6. The molecular weight excluding hydrogens is 326 g/mol. The summed E-state index contributed by atoms with van der Waals surface area (Å²) in [7, 11) is 0. The molecule has 1 aliphatic carbocycles. The van der Waals surface area contributed by atoms with Crippen LogP contribution < -0.4 is 9.47 Å². The fraction of sp³-hybridized carbons (Fsp3) is 0.600. The van der Waals surface area contributed by atoms with E-state index in [9.17, 15) is 26.3 Å². The van der Waals surface area contributed by atoms with Gasteiger partial charge in [-0.2, -0.15) is 8.78 Å². The van der Waals surface area contributed by atoms with Crippen molar-refractivity contribution in [2.24, 2.45) is 11.8 Å². The Labute approximate surface area is 129 Å². The minimum Gasteiger partial charge on any atom is -0.432 e. The van der Waals surface area contributed by atoms with E-state index in [1.54, 1.807) is 0 Å². The minimum atomic E-state index is -5.06. The standard InChI is InChI=1S/C15H16F6O2/c1-9-2-4-10(5-3-9)14(17,18)22-11-6-7-13(12(16)8-11)23-15(19,20)21/h6-10H,2-5H2,1H3. The molecule has 0 unspecified atom stereocenters. The molecule has 2 nitrogen and oxygen atoms in total. The van der Waals surface area contributed by atoms with Gasteiger partial charge >= 0.3 is 12.5 Å². The summed E-state index contributed by atoms with van der Waals surface area (Å²) in [6.07, 6.45) is -6.70. The Morgan fingerprint density at radius 2 is 1.57 bits per heavy atom. The van der Waals surface area contributed by atoms with Crippen molar-refractivity contribution in [3.8, 4) is 11.5 Å². The van der Waals surface area contributed by atoms with Crippen LogP contribution in [0.3, 0.4) is 0 Å². The molecule has 0 radical (unpaired) electrons. The van der Waals surface area contributed by atoms with E-state index in [1.807, 2.05) is 6.92 Å². The van der Waals surface area contributed by atoms with Gasteiger partial charge in [0, 0.05) is 6.07 Å². The zero-order chi connectivity index (χ0) is 17.3. The van der Waals surface area contributed by atoms with Gasteiger partial charge in [-0.15, -0.1) is 13.2 Å². The molecule has 0 aromatic heterocycles. The maximum Gasteiger partial charge on any atom is 0.573 e. The van der Waals surface area contributed by atoms with Crippen LogP contribution in [0.5, 0.6) is 11.5 Å². The molecule has 0 aliphatic heterocycles. The average Bonchev–Trinajstić information content (AvgIpc) is 2.41. The lowest BCUT2D eigenvalue weighted by Crippen LogP contribution is -2.37. The topological polar surface area (TPSA) is 18.5 Å². The van der Waals surface area contributed by atoms with Crippen LogP contribution in [0.25, 0.3) is 0 Å². The fourth-order valence-corrected chi connectivity index (χ4v) is 2.59. The first-order valence-electron chi connectivity index (χ1n) is 7.19. The van der Waals surface area contributed by atoms with Gasteiger partial charge < -0.3 is 9.47 Å². The SMILES string of the molecule is CC1CCC(C(F)(F)Oc2ccc(OC(F)(F)F)c(F)c2)CC1. The predicted octanol–water partition coefficient (Wildman–Crippen LogP) is 5.52. The summed E-state index contributed by atoms with van der Waals surface area (Å²) in [5.74, 6) is -3.68. The highest BCUT2D eigenvalue weighted by atomic mass is 19.4. The van der Waals surface area contributed by atoms with Crippen molar-refractivity contribution in [2.45, 2.75) is 45.1 Å². The van der Waals surface area contributed by atoms with Crippen LogP contribution in [0.15, 0.2) is 18.2 Å². The van der Waals surface area contributed by atoms with Crippen LogP contribution in [-0.4, -0.2) is 12.5 Å². The van der Waals surface area contributed by atoms with E-state index in [2.05, 4.69) is 9.47 Å².